The Hall–Kier alpha value is -2.60. The Kier molecular flexibility index (Phi) is 2.63. The monoisotopic (exact) mass is 294 g/mol. The van der Waals surface area contributed by atoms with Gasteiger partial charge in [-0.25, -0.2) is 0 Å². The molecule has 0 aromatic heterocycles. The predicted molar refractivity (Wildman–Crippen MR) is 99.0 cm³/mol. The summed E-state index contributed by atoms with van der Waals surface area (Å²) in [4.78, 5) is 0. The molecule has 0 radical (unpaired) electrons. The van der Waals surface area contributed by atoms with Crippen molar-refractivity contribution in [2.75, 3.05) is 0 Å². The Balaban J connectivity index is 1.97. The maximum absolute atomic E-state index is 2.38. The van der Waals surface area contributed by atoms with Gasteiger partial charge in [0, 0.05) is 0 Å². The van der Waals surface area contributed by atoms with Crippen LogP contribution < -0.4 is 0 Å². The molecule has 5 rings (SSSR count). The van der Waals surface area contributed by atoms with E-state index in [4.69, 9.17) is 0 Å². The smallest absolute Gasteiger partial charge is 0.00642 e. The van der Waals surface area contributed by atoms with Gasteiger partial charge in [-0.2, -0.15) is 0 Å². The van der Waals surface area contributed by atoms with E-state index in [1.54, 1.807) is 0 Å². The van der Waals surface area contributed by atoms with Crippen LogP contribution in [0, 0.1) is 6.92 Å². The second-order valence-electron chi connectivity index (χ2n) is 6.65. The Morgan fingerprint density at radius 1 is 0.696 bits per heavy atom. The molecule has 0 saturated heterocycles. The van der Waals surface area contributed by atoms with Gasteiger partial charge >= 0.3 is 0 Å². The minimum Gasteiger partial charge on any atom is -0.0614 e. The van der Waals surface area contributed by atoms with Gasteiger partial charge < -0.3 is 0 Å². The number of rotatable bonds is 1. The molecule has 0 atom stereocenters. The highest BCUT2D eigenvalue weighted by Crippen LogP contribution is 2.40. The van der Waals surface area contributed by atoms with Gasteiger partial charge in [0.1, 0.15) is 0 Å². The van der Waals surface area contributed by atoms with Gasteiger partial charge in [0.2, 0.25) is 0 Å². The third-order valence-electron chi connectivity index (χ3n) is 5.20. The highest BCUT2D eigenvalue weighted by Gasteiger charge is 2.17. The largest absolute Gasteiger partial charge is 0.0614 e. The minimum atomic E-state index is 1.15. The summed E-state index contributed by atoms with van der Waals surface area (Å²) in [5.41, 5.74) is 6.98. The Morgan fingerprint density at radius 3 is 2.17 bits per heavy atom. The molecule has 23 heavy (non-hydrogen) atoms. The van der Waals surface area contributed by atoms with Crippen molar-refractivity contribution in [1.29, 1.82) is 0 Å². The second kappa shape index (κ2) is 4.70. The lowest BCUT2D eigenvalue weighted by atomic mass is 9.83. The molecular weight excluding hydrogens is 276 g/mol. The van der Waals surface area contributed by atoms with Crippen molar-refractivity contribution in [2.24, 2.45) is 0 Å². The molecule has 1 aliphatic carbocycles. The molecule has 0 aliphatic heterocycles. The average Bonchev–Trinajstić information content (AvgIpc) is 2.60. The zero-order valence-corrected chi connectivity index (χ0v) is 13.3. The van der Waals surface area contributed by atoms with Crippen molar-refractivity contribution in [3.05, 3.63) is 83.4 Å². The third-order valence-corrected chi connectivity index (χ3v) is 5.20. The van der Waals surface area contributed by atoms with E-state index in [1.165, 1.54) is 49.4 Å². The zero-order chi connectivity index (χ0) is 15.4. The fraction of sp³-hybridized carbons (Fsp3) is 0.130. The van der Waals surface area contributed by atoms with Crippen LogP contribution in [0.15, 0.2) is 66.7 Å². The van der Waals surface area contributed by atoms with Crippen molar-refractivity contribution in [3.8, 4) is 11.1 Å². The molecule has 0 heteroatoms. The molecular formula is C23H18. The fourth-order valence-corrected chi connectivity index (χ4v) is 4.06. The maximum atomic E-state index is 2.38. The first-order valence-electron chi connectivity index (χ1n) is 8.34. The lowest BCUT2D eigenvalue weighted by Gasteiger charge is -2.20. The van der Waals surface area contributed by atoms with Crippen molar-refractivity contribution in [3.63, 3.8) is 0 Å². The number of aryl methyl sites for hydroxylation is 3. The topological polar surface area (TPSA) is 0 Å². The van der Waals surface area contributed by atoms with Crippen LogP contribution in [-0.4, -0.2) is 0 Å². The molecule has 0 spiro atoms. The molecule has 0 nitrogen and oxygen atoms in total. The van der Waals surface area contributed by atoms with Gasteiger partial charge in [-0.15, -0.1) is 0 Å². The maximum Gasteiger partial charge on any atom is -0.00642 e. The molecule has 0 unspecified atom stereocenters. The van der Waals surface area contributed by atoms with Crippen LogP contribution in [0.2, 0.25) is 0 Å². The summed E-state index contributed by atoms with van der Waals surface area (Å²) in [6, 6.07) is 24.9. The summed E-state index contributed by atoms with van der Waals surface area (Å²) < 4.78 is 0. The minimum absolute atomic E-state index is 1.15. The normalized spacial score (nSPS) is 13.1. The van der Waals surface area contributed by atoms with Crippen LogP contribution in [0.5, 0.6) is 0 Å². The van der Waals surface area contributed by atoms with Crippen LogP contribution in [0.25, 0.3) is 32.7 Å². The summed E-state index contributed by atoms with van der Waals surface area (Å²) in [6.45, 7) is 2.14. The molecule has 4 aromatic carbocycles. The summed E-state index contributed by atoms with van der Waals surface area (Å²) in [5.74, 6) is 0. The number of hydrogen-bond donors (Lipinski definition) is 0. The SMILES string of the molecule is Cc1ccc(-c2cc3cccc4c3c3c(cccc23)CC4)cc1. The molecule has 4 aromatic rings. The third kappa shape index (κ3) is 1.85. The summed E-state index contributed by atoms with van der Waals surface area (Å²) in [6.07, 6.45) is 2.31. The van der Waals surface area contributed by atoms with E-state index in [2.05, 4.69) is 73.7 Å². The van der Waals surface area contributed by atoms with E-state index in [0.29, 0.717) is 0 Å². The molecule has 1 aliphatic rings. The first-order valence-corrected chi connectivity index (χ1v) is 8.34. The first kappa shape index (κ1) is 12.9. The highest BCUT2D eigenvalue weighted by atomic mass is 14.2. The van der Waals surface area contributed by atoms with E-state index in [1.807, 2.05) is 0 Å². The van der Waals surface area contributed by atoms with E-state index >= 15 is 0 Å². The van der Waals surface area contributed by atoms with Crippen LogP contribution in [0.4, 0.5) is 0 Å². The van der Waals surface area contributed by atoms with Gasteiger partial charge in [-0.3, -0.25) is 0 Å². The Bertz CT molecular complexity index is 1050. The standard InChI is InChI=1S/C23H18/c1-15-8-10-16(11-9-15)21-14-19-6-2-4-17-12-13-18-5-3-7-20(21)23(18)22(17)19/h2-11,14H,12-13H2,1H3. The second-order valence-corrected chi connectivity index (χ2v) is 6.65. The van der Waals surface area contributed by atoms with Crippen molar-refractivity contribution in [1.82, 2.24) is 0 Å². The number of hydrogen-bond acceptors (Lipinski definition) is 0. The molecule has 0 saturated carbocycles. The van der Waals surface area contributed by atoms with Crippen LogP contribution in [0.1, 0.15) is 16.7 Å². The molecule has 0 amide bonds. The van der Waals surface area contributed by atoms with Crippen LogP contribution in [0.3, 0.4) is 0 Å². The quantitative estimate of drug-likeness (QED) is 0.374. The summed E-state index contributed by atoms with van der Waals surface area (Å²) in [7, 11) is 0. The van der Waals surface area contributed by atoms with E-state index in [-0.39, 0.29) is 0 Å². The molecule has 0 bridgehead atoms. The summed E-state index contributed by atoms with van der Waals surface area (Å²) >= 11 is 0. The van der Waals surface area contributed by atoms with Gasteiger partial charge in [0.15, 0.2) is 0 Å². The van der Waals surface area contributed by atoms with E-state index in [0.717, 1.165) is 12.8 Å². The van der Waals surface area contributed by atoms with Gasteiger partial charge in [-0.05, 0) is 69.6 Å². The van der Waals surface area contributed by atoms with Gasteiger partial charge in [0.25, 0.3) is 0 Å². The average molecular weight is 294 g/mol. The van der Waals surface area contributed by atoms with Crippen molar-refractivity contribution >= 4 is 21.5 Å². The Labute approximate surface area is 136 Å². The van der Waals surface area contributed by atoms with Gasteiger partial charge in [-0.1, -0.05) is 66.2 Å². The highest BCUT2D eigenvalue weighted by molar-refractivity contribution is 6.16. The number of benzene rings is 4. The van der Waals surface area contributed by atoms with Crippen LogP contribution >= 0.6 is 0 Å². The molecule has 0 fully saturated rings. The van der Waals surface area contributed by atoms with Crippen molar-refractivity contribution < 1.29 is 0 Å². The zero-order valence-electron chi connectivity index (χ0n) is 13.3. The first-order chi connectivity index (χ1) is 11.3. The summed E-state index contributed by atoms with van der Waals surface area (Å²) in [5, 5.41) is 5.71. The molecule has 110 valence electrons. The van der Waals surface area contributed by atoms with Gasteiger partial charge in [0.05, 0.1) is 0 Å². The van der Waals surface area contributed by atoms with E-state index in [9.17, 15) is 0 Å². The molecule has 0 N–H and O–H groups in total. The Morgan fingerprint density at radius 2 is 1.39 bits per heavy atom. The van der Waals surface area contributed by atoms with E-state index < -0.39 is 0 Å². The van der Waals surface area contributed by atoms with Crippen molar-refractivity contribution in [2.45, 2.75) is 19.8 Å². The lowest BCUT2D eigenvalue weighted by Crippen LogP contribution is -2.01. The fourth-order valence-electron chi connectivity index (χ4n) is 4.06. The predicted octanol–water partition coefficient (Wildman–Crippen LogP) is 6.07. The lowest BCUT2D eigenvalue weighted by molar-refractivity contribution is 0.968. The van der Waals surface area contributed by atoms with Crippen LogP contribution in [-0.2, 0) is 12.8 Å². The molecule has 0 heterocycles.